The first kappa shape index (κ1) is 13.8. The van der Waals surface area contributed by atoms with Crippen molar-refractivity contribution in [3.05, 3.63) is 70.8 Å². The fourth-order valence-corrected chi connectivity index (χ4v) is 5.41. The van der Waals surface area contributed by atoms with E-state index in [9.17, 15) is 0 Å². The molecule has 3 aliphatic carbocycles. The lowest BCUT2D eigenvalue weighted by molar-refractivity contribution is 0.171. The number of hydrogen-bond donors (Lipinski definition) is 0. The molecular weight excluding hydrogens is 278 g/mol. The van der Waals surface area contributed by atoms with E-state index < -0.39 is 0 Å². The predicted molar refractivity (Wildman–Crippen MR) is 95.0 cm³/mol. The Hall–Kier alpha value is -1.60. The van der Waals surface area contributed by atoms with E-state index in [-0.39, 0.29) is 0 Å². The summed E-state index contributed by atoms with van der Waals surface area (Å²) in [5, 5.41) is 0. The van der Waals surface area contributed by atoms with Gasteiger partial charge in [0.25, 0.3) is 0 Å². The van der Waals surface area contributed by atoms with E-state index in [1.807, 2.05) is 0 Å². The summed E-state index contributed by atoms with van der Waals surface area (Å²) in [7, 11) is 0. The Labute approximate surface area is 139 Å². The molecule has 2 aromatic rings. The molecule has 1 fully saturated rings. The number of fused-ring (bicyclic) bond motifs is 1. The minimum Gasteiger partial charge on any atom is -0.303 e. The molecule has 1 heteroatoms. The molecule has 4 aliphatic rings. The summed E-state index contributed by atoms with van der Waals surface area (Å²) in [6.07, 6.45) is 5.57. The Morgan fingerprint density at radius 1 is 0.739 bits per heavy atom. The molecule has 0 saturated carbocycles. The van der Waals surface area contributed by atoms with Gasteiger partial charge >= 0.3 is 0 Å². The van der Waals surface area contributed by atoms with Crippen molar-refractivity contribution < 1.29 is 0 Å². The number of rotatable bonds is 2. The van der Waals surface area contributed by atoms with Crippen molar-refractivity contribution in [3.63, 3.8) is 0 Å². The second kappa shape index (κ2) is 5.49. The maximum atomic E-state index is 2.74. The van der Waals surface area contributed by atoms with Crippen LogP contribution >= 0.6 is 0 Å². The Balaban J connectivity index is 1.54. The molecule has 0 aromatic heterocycles. The molecule has 0 amide bonds. The summed E-state index contributed by atoms with van der Waals surface area (Å²) in [6, 6.07) is 18.5. The normalized spacial score (nSPS) is 29.1. The summed E-state index contributed by atoms with van der Waals surface area (Å²) in [5.74, 6) is 2.04. The van der Waals surface area contributed by atoms with E-state index in [2.05, 4.69) is 53.4 Å². The van der Waals surface area contributed by atoms with Crippen molar-refractivity contribution in [2.24, 2.45) is 5.92 Å². The smallest absolute Gasteiger partial charge is 0.0136 e. The third-order valence-corrected chi connectivity index (χ3v) is 6.36. The highest BCUT2D eigenvalue weighted by Crippen LogP contribution is 2.55. The molecule has 1 nitrogen and oxygen atoms in total. The summed E-state index contributed by atoms with van der Waals surface area (Å²) in [5.41, 5.74) is 6.44. The van der Waals surface area contributed by atoms with E-state index in [0.29, 0.717) is 11.8 Å². The number of likely N-dealkylation sites (tertiary alicyclic amines) is 1. The van der Waals surface area contributed by atoms with Gasteiger partial charge in [-0.2, -0.15) is 0 Å². The molecule has 2 bridgehead atoms. The first-order chi connectivity index (χ1) is 11.4. The number of piperidine rings is 1. The predicted octanol–water partition coefficient (Wildman–Crippen LogP) is 4.77. The molecule has 1 aliphatic heterocycles. The summed E-state index contributed by atoms with van der Waals surface area (Å²) < 4.78 is 0. The third kappa shape index (κ3) is 2.17. The van der Waals surface area contributed by atoms with E-state index in [1.165, 1.54) is 45.3 Å². The van der Waals surface area contributed by atoms with Crippen molar-refractivity contribution in [2.75, 3.05) is 19.6 Å². The number of benzene rings is 2. The molecular formula is C22H25N. The monoisotopic (exact) mass is 303 g/mol. The fourth-order valence-electron chi connectivity index (χ4n) is 5.41. The molecule has 1 atom stereocenters. The van der Waals surface area contributed by atoms with Gasteiger partial charge in [0.2, 0.25) is 0 Å². The molecule has 1 saturated heterocycles. The van der Waals surface area contributed by atoms with Crippen LogP contribution in [0.4, 0.5) is 0 Å². The molecule has 0 N–H and O–H groups in total. The SMILES string of the molecule is c1ccc2c(c1)C1C[C@@H](CN3CCCCC3)C2c2ccccc21. The van der Waals surface area contributed by atoms with Gasteiger partial charge in [-0.3, -0.25) is 0 Å². The minimum atomic E-state index is 0.620. The Bertz CT molecular complexity index is 666. The highest BCUT2D eigenvalue weighted by Gasteiger charge is 2.43. The Morgan fingerprint density at radius 3 is 1.91 bits per heavy atom. The third-order valence-electron chi connectivity index (χ3n) is 6.36. The van der Waals surface area contributed by atoms with Gasteiger partial charge in [-0.05, 0) is 60.5 Å². The van der Waals surface area contributed by atoms with Crippen LogP contribution in [-0.2, 0) is 0 Å². The summed E-state index contributed by atoms with van der Waals surface area (Å²) >= 11 is 0. The van der Waals surface area contributed by atoms with Gasteiger partial charge in [0.1, 0.15) is 0 Å². The van der Waals surface area contributed by atoms with Crippen molar-refractivity contribution in [1.29, 1.82) is 0 Å². The summed E-state index contributed by atoms with van der Waals surface area (Å²) in [6.45, 7) is 3.93. The maximum absolute atomic E-state index is 2.74. The highest BCUT2D eigenvalue weighted by atomic mass is 15.1. The number of hydrogen-bond acceptors (Lipinski definition) is 1. The second-order valence-electron chi connectivity index (χ2n) is 7.65. The van der Waals surface area contributed by atoms with Crippen LogP contribution in [0.5, 0.6) is 0 Å². The molecule has 0 radical (unpaired) electrons. The first-order valence-electron chi connectivity index (χ1n) is 9.32. The van der Waals surface area contributed by atoms with Crippen LogP contribution in [0.25, 0.3) is 0 Å². The van der Waals surface area contributed by atoms with Crippen LogP contribution in [-0.4, -0.2) is 24.5 Å². The lowest BCUT2D eigenvalue weighted by Gasteiger charge is -2.47. The van der Waals surface area contributed by atoms with Crippen LogP contribution in [0, 0.1) is 5.92 Å². The zero-order chi connectivity index (χ0) is 15.2. The van der Waals surface area contributed by atoms with Crippen LogP contribution in [0.3, 0.4) is 0 Å². The van der Waals surface area contributed by atoms with Crippen molar-refractivity contribution >= 4 is 0 Å². The van der Waals surface area contributed by atoms with Crippen LogP contribution in [0.1, 0.15) is 59.8 Å². The van der Waals surface area contributed by atoms with Crippen LogP contribution < -0.4 is 0 Å². The Kier molecular flexibility index (Phi) is 3.29. The maximum Gasteiger partial charge on any atom is 0.0136 e. The van der Waals surface area contributed by atoms with Gasteiger partial charge in [0, 0.05) is 18.4 Å². The van der Waals surface area contributed by atoms with Gasteiger partial charge in [-0.15, -0.1) is 0 Å². The average Bonchev–Trinajstić information content (AvgIpc) is 2.63. The minimum absolute atomic E-state index is 0.620. The van der Waals surface area contributed by atoms with Crippen molar-refractivity contribution in [1.82, 2.24) is 4.90 Å². The van der Waals surface area contributed by atoms with Gasteiger partial charge in [0.05, 0.1) is 0 Å². The quantitative estimate of drug-likeness (QED) is 0.772. The first-order valence-corrected chi connectivity index (χ1v) is 9.32. The lowest BCUT2D eigenvalue weighted by atomic mass is 9.59. The second-order valence-corrected chi connectivity index (χ2v) is 7.65. The Morgan fingerprint density at radius 2 is 1.30 bits per heavy atom. The molecule has 1 heterocycles. The molecule has 23 heavy (non-hydrogen) atoms. The van der Waals surface area contributed by atoms with Crippen molar-refractivity contribution in [3.8, 4) is 0 Å². The zero-order valence-corrected chi connectivity index (χ0v) is 13.7. The van der Waals surface area contributed by atoms with E-state index in [0.717, 1.165) is 5.92 Å². The van der Waals surface area contributed by atoms with Gasteiger partial charge in [0.15, 0.2) is 0 Å². The molecule has 118 valence electrons. The molecule has 0 spiro atoms. The van der Waals surface area contributed by atoms with Crippen LogP contribution in [0.2, 0.25) is 0 Å². The zero-order valence-electron chi connectivity index (χ0n) is 13.7. The number of nitrogens with zero attached hydrogens (tertiary/aromatic N) is 1. The summed E-state index contributed by atoms with van der Waals surface area (Å²) in [4.78, 5) is 2.74. The average molecular weight is 303 g/mol. The van der Waals surface area contributed by atoms with Gasteiger partial charge in [-0.1, -0.05) is 55.0 Å². The highest BCUT2D eigenvalue weighted by molar-refractivity contribution is 5.55. The molecule has 6 rings (SSSR count). The standard InChI is InChI=1S/C22H25N/c1-6-12-23(13-7-1)15-16-14-21-17-8-2-4-10-19(17)22(16)20-11-5-3-9-18(20)21/h2-5,8-11,16,21-22H,1,6-7,12-15H2/t16-,21?,22?/m0/s1. The van der Waals surface area contributed by atoms with Crippen LogP contribution in [0.15, 0.2) is 48.5 Å². The lowest BCUT2D eigenvalue weighted by Crippen LogP contribution is -2.41. The molecule has 0 unspecified atom stereocenters. The largest absolute Gasteiger partial charge is 0.303 e. The topological polar surface area (TPSA) is 3.24 Å². The van der Waals surface area contributed by atoms with E-state index in [4.69, 9.17) is 0 Å². The molecule has 2 aromatic carbocycles. The van der Waals surface area contributed by atoms with E-state index in [1.54, 1.807) is 22.3 Å². The van der Waals surface area contributed by atoms with Crippen molar-refractivity contribution in [2.45, 2.75) is 37.5 Å². The van der Waals surface area contributed by atoms with Gasteiger partial charge < -0.3 is 4.90 Å². The van der Waals surface area contributed by atoms with E-state index >= 15 is 0 Å². The van der Waals surface area contributed by atoms with Gasteiger partial charge in [-0.25, -0.2) is 0 Å². The fraction of sp³-hybridized carbons (Fsp3) is 0.455.